The fourth-order valence-electron chi connectivity index (χ4n) is 2.92. The normalized spacial score (nSPS) is 12.7. The summed E-state index contributed by atoms with van der Waals surface area (Å²) in [6.07, 6.45) is 4.03. The maximum Gasteiger partial charge on any atom is 0.123 e. The van der Waals surface area contributed by atoms with E-state index >= 15 is 0 Å². The summed E-state index contributed by atoms with van der Waals surface area (Å²) < 4.78 is 0. The SMILES string of the molecule is CCc1cc(CC(C)c2cccc(N)n2)cc2[nH]ccc12. The third kappa shape index (κ3) is 2.77. The van der Waals surface area contributed by atoms with Gasteiger partial charge in [-0.1, -0.05) is 26.0 Å². The zero-order valence-electron chi connectivity index (χ0n) is 12.6. The fourth-order valence-corrected chi connectivity index (χ4v) is 2.92. The summed E-state index contributed by atoms with van der Waals surface area (Å²) in [5.74, 6) is 0.944. The van der Waals surface area contributed by atoms with E-state index in [0.717, 1.165) is 18.5 Å². The topological polar surface area (TPSA) is 54.7 Å². The maximum absolute atomic E-state index is 5.78. The van der Waals surface area contributed by atoms with Crippen LogP contribution in [-0.4, -0.2) is 9.97 Å². The summed E-state index contributed by atoms with van der Waals surface area (Å²) in [6, 6.07) is 12.6. The number of nitrogens with two attached hydrogens (primary N) is 1. The van der Waals surface area contributed by atoms with E-state index in [4.69, 9.17) is 5.73 Å². The molecule has 3 heteroatoms. The predicted molar refractivity (Wildman–Crippen MR) is 88.4 cm³/mol. The minimum absolute atomic E-state index is 0.352. The molecule has 3 nitrogen and oxygen atoms in total. The summed E-state index contributed by atoms with van der Waals surface area (Å²) in [4.78, 5) is 7.76. The van der Waals surface area contributed by atoms with Crippen molar-refractivity contribution in [2.75, 3.05) is 5.73 Å². The van der Waals surface area contributed by atoms with Gasteiger partial charge in [0.2, 0.25) is 0 Å². The quantitative estimate of drug-likeness (QED) is 0.757. The van der Waals surface area contributed by atoms with Crippen LogP contribution in [0, 0.1) is 0 Å². The van der Waals surface area contributed by atoms with Crippen LogP contribution in [0.2, 0.25) is 0 Å². The molecule has 2 heterocycles. The molecule has 0 spiro atoms. The third-order valence-electron chi connectivity index (χ3n) is 4.03. The number of H-pyrrole nitrogens is 1. The van der Waals surface area contributed by atoms with Crippen molar-refractivity contribution in [1.82, 2.24) is 9.97 Å². The molecule has 0 radical (unpaired) electrons. The number of aromatic amines is 1. The lowest BCUT2D eigenvalue weighted by Crippen LogP contribution is -2.03. The molecular weight excluding hydrogens is 258 g/mol. The number of fused-ring (bicyclic) bond motifs is 1. The molecule has 1 aromatic carbocycles. The van der Waals surface area contributed by atoms with Crippen LogP contribution in [0.3, 0.4) is 0 Å². The summed E-state index contributed by atoms with van der Waals surface area (Å²) in [5.41, 5.74) is 10.8. The van der Waals surface area contributed by atoms with Gasteiger partial charge < -0.3 is 10.7 Å². The van der Waals surface area contributed by atoms with Gasteiger partial charge >= 0.3 is 0 Å². The van der Waals surface area contributed by atoms with E-state index in [1.165, 1.54) is 22.0 Å². The monoisotopic (exact) mass is 279 g/mol. The number of aromatic nitrogens is 2. The molecular formula is C18H21N3. The molecule has 0 aliphatic rings. The molecule has 0 bridgehead atoms. The van der Waals surface area contributed by atoms with Crippen LogP contribution in [0.25, 0.3) is 10.9 Å². The number of nitrogens with zero attached hydrogens (tertiary/aromatic N) is 1. The summed E-state index contributed by atoms with van der Waals surface area (Å²) in [5, 5.41) is 1.33. The van der Waals surface area contributed by atoms with Gasteiger partial charge in [-0.05, 0) is 48.2 Å². The van der Waals surface area contributed by atoms with Crippen LogP contribution in [0.4, 0.5) is 5.82 Å². The Bertz CT molecular complexity index is 758. The van der Waals surface area contributed by atoms with E-state index in [0.29, 0.717) is 11.7 Å². The zero-order valence-corrected chi connectivity index (χ0v) is 12.6. The minimum atomic E-state index is 0.352. The molecule has 108 valence electrons. The Balaban J connectivity index is 1.90. The number of nitrogens with one attached hydrogen (secondary N) is 1. The highest BCUT2D eigenvalue weighted by atomic mass is 14.8. The molecule has 2 aromatic heterocycles. The van der Waals surface area contributed by atoms with Gasteiger partial charge in [0.05, 0.1) is 0 Å². The average molecular weight is 279 g/mol. The molecule has 0 saturated heterocycles. The van der Waals surface area contributed by atoms with Gasteiger partial charge in [-0.2, -0.15) is 0 Å². The molecule has 0 saturated carbocycles. The average Bonchev–Trinajstić information content (AvgIpc) is 2.94. The second-order valence-corrected chi connectivity index (χ2v) is 5.64. The Morgan fingerprint density at radius 1 is 1.24 bits per heavy atom. The van der Waals surface area contributed by atoms with Crippen molar-refractivity contribution in [3.8, 4) is 0 Å². The predicted octanol–water partition coefficient (Wildman–Crippen LogP) is 4.05. The zero-order chi connectivity index (χ0) is 14.8. The molecule has 0 aliphatic heterocycles. The van der Waals surface area contributed by atoms with Gasteiger partial charge in [0.25, 0.3) is 0 Å². The highest BCUT2D eigenvalue weighted by Gasteiger charge is 2.11. The highest BCUT2D eigenvalue weighted by Crippen LogP contribution is 2.25. The van der Waals surface area contributed by atoms with E-state index in [1.807, 2.05) is 18.3 Å². The van der Waals surface area contributed by atoms with E-state index < -0.39 is 0 Å². The van der Waals surface area contributed by atoms with Crippen molar-refractivity contribution in [1.29, 1.82) is 0 Å². The van der Waals surface area contributed by atoms with Crippen molar-refractivity contribution in [3.63, 3.8) is 0 Å². The van der Waals surface area contributed by atoms with Gasteiger partial charge in [-0.3, -0.25) is 0 Å². The van der Waals surface area contributed by atoms with Gasteiger partial charge in [0.1, 0.15) is 5.82 Å². The molecule has 1 atom stereocenters. The van der Waals surface area contributed by atoms with E-state index in [9.17, 15) is 0 Å². The van der Waals surface area contributed by atoms with E-state index in [-0.39, 0.29) is 0 Å². The van der Waals surface area contributed by atoms with Crippen LogP contribution in [0.5, 0.6) is 0 Å². The molecule has 3 aromatic rings. The van der Waals surface area contributed by atoms with E-state index in [1.54, 1.807) is 0 Å². The second-order valence-electron chi connectivity index (χ2n) is 5.64. The maximum atomic E-state index is 5.78. The lowest BCUT2D eigenvalue weighted by atomic mass is 9.94. The summed E-state index contributed by atoms with van der Waals surface area (Å²) >= 11 is 0. The van der Waals surface area contributed by atoms with Gasteiger partial charge in [0, 0.05) is 28.7 Å². The number of benzene rings is 1. The van der Waals surface area contributed by atoms with Gasteiger partial charge in [0.15, 0.2) is 0 Å². The number of aryl methyl sites for hydroxylation is 1. The van der Waals surface area contributed by atoms with Crippen LogP contribution in [-0.2, 0) is 12.8 Å². The van der Waals surface area contributed by atoms with Crippen LogP contribution < -0.4 is 5.73 Å². The Kier molecular flexibility index (Phi) is 3.65. The van der Waals surface area contributed by atoms with Crippen LogP contribution in [0.15, 0.2) is 42.6 Å². The first-order chi connectivity index (χ1) is 10.2. The Hall–Kier alpha value is -2.29. The second kappa shape index (κ2) is 5.60. The first-order valence-corrected chi connectivity index (χ1v) is 7.48. The number of anilines is 1. The summed E-state index contributed by atoms with van der Waals surface area (Å²) in [7, 11) is 0. The molecule has 0 amide bonds. The molecule has 3 N–H and O–H groups in total. The number of pyridine rings is 1. The van der Waals surface area contributed by atoms with Crippen LogP contribution in [0.1, 0.15) is 36.6 Å². The largest absolute Gasteiger partial charge is 0.384 e. The summed E-state index contributed by atoms with van der Waals surface area (Å²) in [6.45, 7) is 4.40. The Morgan fingerprint density at radius 3 is 2.86 bits per heavy atom. The first kappa shape index (κ1) is 13.7. The van der Waals surface area contributed by atoms with Crippen LogP contribution >= 0.6 is 0 Å². The molecule has 0 aliphatic carbocycles. The smallest absolute Gasteiger partial charge is 0.123 e. The molecule has 3 rings (SSSR count). The number of rotatable bonds is 4. The van der Waals surface area contributed by atoms with Crippen molar-refractivity contribution in [2.24, 2.45) is 0 Å². The third-order valence-corrected chi connectivity index (χ3v) is 4.03. The Morgan fingerprint density at radius 2 is 2.10 bits per heavy atom. The Labute approximate surface area is 125 Å². The van der Waals surface area contributed by atoms with Gasteiger partial charge in [-0.15, -0.1) is 0 Å². The molecule has 0 fully saturated rings. The standard InChI is InChI=1S/C18H21N3/c1-3-14-10-13(11-17-15(14)7-8-20-17)9-12(2)16-5-4-6-18(19)21-16/h4-8,10-12,20H,3,9H2,1-2H3,(H2,19,21). The first-order valence-electron chi connectivity index (χ1n) is 7.48. The minimum Gasteiger partial charge on any atom is -0.384 e. The molecule has 21 heavy (non-hydrogen) atoms. The van der Waals surface area contributed by atoms with Crippen molar-refractivity contribution in [2.45, 2.75) is 32.6 Å². The number of hydrogen-bond donors (Lipinski definition) is 2. The van der Waals surface area contributed by atoms with Crippen molar-refractivity contribution in [3.05, 3.63) is 59.4 Å². The molecule has 1 unspecified atom stereocenters. The lowest BCUT2D eigenvalue weighted by molar-refractivity contribution is 0.732. The lowest BCUT2D eigenvalue weighted by Gasteiger charge is -2.13. The number of nitrogen functional groups attached to an aromatic ring is 1. The van der Waals surface area contributed by atoms with Crippen molar-refractivity contribution < 1.29 is 0 Å². The highest BCUT2D eigenvalue weighted by molar-refractivity contribution is 5.83. The van der Waals surface area contributed by atoms with Gasteiger partial charge in [-0.25, -0.2) is 4.98 Å². The van der Waals surface area contributed by atoms with E-state index in [2.05, 4.69) is 48.1 Å². The number of hydrogen-bond acceptors (Lipinski definition) is 2. The van der Waals surface area contributed by atoms with Crippen molar-refractivity contribution >= 4 is 16.7 Å². The fraction of sp³-hybridized carbons (Fsp3) is 0.278.